The van der Waals surface area contributed by atoms with Crippen molar-refractivity contribution in [2.75, 3.05) is 4.90 Å². The van der Waals surface area contributed by atoms with Gasteiger partial charge in [-0.2, -0.15) is 0 Å². The molecule has 0 saturated heterocycles. The first-order chi connectivity index (χ1) is 15.2. The second-order valence-electron chi connectivity index (χ2n) is 7.75. The van der Waals surface area contributed by atoms with Gasteiger partial charge in [0.05, 0.1) is 5.39 Å². The zero-order chi connectivity index (χ0) is 21.2. The minimum absolute atomic E-state index is 0.735. The molecular weight excluding hydrogens is 398 g/mol. The molecule has 0 radical (unpaired) electrons. The SMILES string of the molecule is Cc1ccc(-c2csc3ncnc(N(Cc4ccccc4)c4ccccc4)c23)c(C)c1. The summed E-state index contributed by atoms with van der Waals surface area (Å²) >= 11 is 1.68. The van der Waals surface area contributed by atoms with Crippen LogP contribution in [0.4, 0.5) is 11.5 Å². The highest BCUT2D eigenvalue weighted by Crippen LogP contribution is 2.41. The van der Waals surface area contributed by atoms with Crippen LogP contribution in [-0.2, 0) is 6.54 Å². The Morgan fingerprint density at radius 1 is 0.806 bits per heavy atom. The largest absolute Gasteiger partial charge is 0.321 e. The molecule has 4 heteroatoms. The summed E-state index contributed by atoms with van der Waals surface area (Å²) in [4.78, 5) is 12.7. The minimum atomic E-state index is 0.735. The van der Waals surface area contributed by atoms with E-state index in [9.17, 15) is 0 Å². The van der Waals surface area contributed by atoms with E-state index >= 15 is 0 Å². The standard InChI is InChI=1S/C27H23N3S/c1-19-13-14-23(20(2)15-19)24-17-31-27-25(24)26(28-18-29-27)30(22-11-7-4-8-12-22)16-21-9-5-3-6-10-21/h3-15,17-18H,16H2,1-2H3. The zero-order valence-electron chi connectivity index (χ0n) is 17.6. The highest BCUT2D eigenvalue weighted by Gasteiger charge is 2.20. The smallest absolute Gasteiger partial charge is 0.146 e. The van der Waals surface area contributed by atoms with E-state index in [0.717, 1.165) is 28.3 Å². The molecule has 0 atom stereocenters. The molecule has 0 aliphatic carbocycles. The van der Waals surface area contributed by atoms with Gasteiger partial charge in [-0.05, 0) is 42.7 Å². The van der Waals surface area contributed by atoms with E-state index in [1.807, 2.05) is 6.07 Å². The molecule has 2 heterocycles. The Bertz CT molecular complexity index is 1330. The monoisotopic (exact) mass is 421 g/mol. The van der Waals surface area contributed by atoms with Crippen LogP contribution < -0.4 is 4.90 Å². The Hall–Kier alpha value is -3.50. The third kappa shape index (κ3) is 3.82. The number of aryl methyl sites for hydroxylation is 2. The van der Waals surface area contributed by atoms with Crippen molar-refractivity contribution in [3.05, 3.63) is 107 Å². The molecule has 0 N–H and O–H groups in total. The van der Waals surface area contributed by atoms with E-state index in [-0.39, 0.29) is 0 Å². The number of hydrogen-bond donors (Lipinski definition) is 0. The molecule has 0 aliphatic heterocycles. The van der Waals surface area contributed by atoms with Crippen molar-refractivity contribution in [1.29, 1.82) is 0 Å². The molecule has 0 fully saturated rings. The Balaban J connectivity index is 1.72. The Morgan fingerprint density at radius 3 is 2.29 bits per heavy atom. The molecule has 0 spiro atoms. The van der Waals surface area contributed by atoms with Gasteiger partial charge in [0.25, 0.3) is 0 Å². The molecular formula is C27H23N3S. The third-order valence-electron chi connectivity index (χ3n) is 5.53. The van der Waals surface area contributed by atoms with Crippen molar-refractivity contribution in [3.8, 4) is 11.1 Å². The molecule has 0 bridgehead atoms. The van der Waals surface area contributed by atoms with Gasteiger partial charge in [-0.1, -0.05) is 72.3 Å². The average Bonchev–Trinajstić information content (AvgIpc) is 3.23. The number of fused-ring (bicyclic) bond motifs is 1. The van der Waals surface area contributed by atoms with Crippen LogP contribution in [0.2, 0.25) is 0 Å². The summed E-state index contributed by atoms with van der Waals surface area (Å²) in [7, 11) is 0. The fourth-order valence-electron chi connectivity index (χ4n) is 4.04. The first kappa shape index (κ1) is 19.5. The Morgan fingerprint density at radius 2 is 1.55 bits per heavy atom. The number of hydrogen-bond acceptors (Lipinski definition) is 4. The van der Waals surface area contributed by atoms with E-state index in [1.54, 1.807) is 17.7 Å². The van der Waals surface area contributed by atoms with Crippen LogP contribution in [-0.4, -0.2) is 9.97 Å². The summed E-state index contributed by atoms with van der Waals surface area (Å²) < 4.78 is 0. The second-order valence-corrected chi connectivity index (χ2v) is 8.61. The molecule has 0 unspecified atom stereocenters. The molecule has 5 rings (SSSR count). The number of anilines is 2. The normalized spacial score (nSPS) is 11.0. The van der Waals surface area contributed by atoms with Gasteiger partial charge in [0.15, 0.2) is 0 Å². The molecule has 3 aromatic carbocycles. The maximum absolute atomic E-state index is 4.81. The molecule has 0 amide bonds. The summed E-state index contributed by atoms with van der Waals surface area (Å²) in [5, 5.41) is 3.32. The number of rotatable bonds is 5. The summed E-state index contributed by atoms with van der Waals surface area (Å²) in [6.45, 7) is 5.04. The van der Waals surface area contributed by atoms with Crippen LogP contribution in [0.5, 0.6) is 0 Å². The fourth-order valence-corrected chi connectivity index (χ4v) is 4.94. The lowest BCUT2D eigenvalue weighted by atomic mass is 9.99. The number of thiophene rings is 1. The van der Waals surface area contributed by atoms with Crippen LogP contribution in [0.25, 0.3) is 21.3 Å². The van der Waals surface area contributed by atoms with Gasteiger partial charge in [0.2, 0.25) is 0 Å². The molecule has 0 saturated carbocycles. The predicted molar refractivity (Wildman–Crippen MR) is 131 cm³/mol. The Kier molecular flexibility index (Phi) is 5.23. The van der Waals surface area contributed by atoms with Crippen molar-refractivity contribution in [1.82, 2.24) is 9.97 Å². The molecule has 152 valence electrons. The molecule has 5 aromatic rings. The fraction of sp³-hybridized carbons (Fsp3) is 0.111. The van der Waals surface area contributed by atoms with Gasteiger partial charge in [0.1, 0.15) is 17.0 Å². The van der Waals surface area contributed by atoms with Crippen molar-refractivity contribution in [2.45, 2.75) is 20.4 Å². The summed E-state index contributed by atoms with van der Waals surface area (Å²) in [6.07, 6.45) is 1.68. The third-order valence-corrected chi connectivity index (χ3v) is 6.42. The second kappa shape index (κ2) is 8.32. The summed E-state index contributed by atoms with van der Waals surface area (Å²) in [5.74, 6) is 0.941. The predicted octanol–water partition coefficient (Wildman–Crippen LogP) is 7.31. The highest BCUT2D eigenvalue weighted by molar-refractivity contribution is 7.17. The summed E-state index contributed by atoms with van der Waals surface area (Å²) in [6, 6.07) is 27.6. The lowest BCUT2D eigenvalue weighted by Crippen LogP contribution is -2.18. The quantitative estimate of drug-likeness (QED) is 0.298. The minimum Gasteiger partial charge on any atom is -0.321 e. The topological polar surface area (TPSA) is 29.0 Å². The molecule has 31 heavy (non-hydrogen) atoms. The van der Waals surface area contributed by atoms with Crippen LogP contribution in [0.1, 0.15) is 16.7 Å². The van der Waals surface area contributed by atoms with Gasteiger partial charge in [0, 0.05) is 23.2 Å². The van der Waals surface area contributed by atoms with E-state index in [2.05, 4.69) is 102 Å². The van der Waals surface area contributed by atoms with Gasteiger partial charge in [-0.3, -0.25) is 0 Å². The first-order valence-corrected chi connectivity index (χ1v) is 11.2. The highest BCUT2D eigenvalue weighted by atomic mass is 32.1. The maximum Gasteiger partial charge on any atom is 0.146 e. The number of aromatic nitrogens is 2. The molecule has 3 nitrogen and oxygen atoms in total. The summed E-state index contributed by atoms with van der Waals surface area (Å²) in [5.41, 5.74) is 7.32. The number of nitrogens with zero attached hydrogens (tertiary/aromatic N) is 3. The van der Waals surface area contributed by atoms with Crippen LogP contribution >= 0.6 is 11.3 Å². The average molecular weight is 422 g/mol. The van der Waals surface area contributed by atoms with Crippen LogP contribution in [0, 0.1) is 13.8 Å². The van der Waals surface area contributed by atoms with Crippen molar-refractivity contribution in [3.63, 3.8) is 0 Å². The number of benzene rings is 3. The van der Waals surface area contributed by atoms with Crippen molar-refractivity contribution >= 4 is 33.1 Å². The zero-order valence-corrected chi connectivity index (χ0v) is 18.4. The van der Waals surface area contributed by atoms with Gasteiger partial charge < -0.3 is 4.90 Å². The van der Waals surface area contributed by atoms with Crippen LogP contribution in [0.3, 0.4) is 0 Å². The van der Waals surface area contributed by atoms with Gasteiger partial charge >= 0.3 is 0 Å². The number of para-hydroxylation sites is 1. The first-order valence-electron chi connectivity index (χ1n) is 10.4. The van der Waals surface area contributed by atoms with Crippen molar-refractivity contribution < 1.29 is 0 Å². The van der Waals surface area contributed by atoms with Gasteiger partial charge in [-0.15, -0.1) is 11.3 Å². The van der Waals surface area contributed by atoms with Crippen LogP contribution in [0.15, 0.2) is 90.6 Å². The lowest BCUT2D eigenvalue weighted by molar-refractivity contribution is 0.949. The maximum atomic E-state index is 4.81. The van der Waals surface area contributed by atoms with Gasteiger partial charge in [-0.25, -0.2) is 9.97 Å². The van der Waals surface area contributed by atoms with E-state index in [4.69, 9.17) is 4.98 Å². The van der Waals surface area contributed by atoms with Crippen molar-refractivity contribution in [2.24, 2.45) is 0 Å². The molecule has 0 aliphatic rings. The Labute approximate surface area is 186 Å². The lowest BCUT2D eigenvalue weighted by Gasteiger charge is -2.25. The van der Waals surface area contributed by atoms with E-state index in [0.29, 0.717) is 0 Å². The van der Waals surface area contributed by atoms with E-state index < -0.39 is 0 Å². The van der Waals surface area contributed by atoms with E-state index in [1.165, 1.54) is 27.8 Å². The molecule has 2 aromatic heterocycles.